The summed E-state index contributed by atoms with van der Waals surface area (Å²) >= 11 is 0. The minimum Gasteiger partial charge on any atom is -0.491 e. The van der Waals surface area contributed by atoms with Crippen LogP contribution < -0.4 is 0 Å². The van der Waals surface area contributed by atoms with Crippen molar-refractivity contribution in [1.29, 1.82) is 0 Å². The van der Waals surface area contributed by atoms with Crippen molar-refractivity contribution in [2.45, 2.75) is 82.8 Å². The third-order valence-electron chi connectivity index (χ3n) is 5.29. The Morgan fingerprint density at radius 3 is 2.78 bits per heavy atom. The van der Waals surface area contributed by atoms with Gasteiger partial charge in [0.2, 0.25) is 0 Å². The third-order valence-corrected chi connectivity index (χ3v) is 5.29. The van der Waals surface area contributed by atoms with Crippen molar-refractivity contribution in [2.24, 2.45) is 11.8 Å². The molecule has 6 atom stereocenters. The molecule has 3 N–H and O–H groups in total. The zero-order chi connectivity index (χ0) is 19.1. The van der Waals surface area contributed by atoms with Crippen LogP contribution in [0.15, 0.2) is 24.0 Å². The van der Waals surface area contributed by atoms with Gasteiger partial charge in [-0.3, -0.25) is 4.79 Å². The Labute approximate surface area is 183 Å². The van der Waals surface area contributed by atoms with Crippen LogP contribution in [-0.4, -0.2) is 75.3 Å². The zero-order valence-electron chi connectivity index (χ0n) is 16.4. The molecule has 0 bridgehead atoms. The van der Waals surface area contributed by atoms with E-state index in [0.717, 1.165) is 19.3 Å². The summed E-state index contributed by atoms with van der Waals surface area (Å²) in [6.45, 7) is 2.10. The molecule has 1 heterocycles. The molecule has 1 radical (unpaired) electrons. The summed E-state index contributed by atoms with van der Waals surface area (Å²) in [5, 5.41) is 28.9. The number of hydrogen-bond acceptors (Lipinski definition) is 4. The molecule has 149 valence electrons. The van der Waals surface area contributed by atoms with Crippen LogP contribution in [0.3, 0.4) is 0 Å². The number of aliphatic hydroxyl groups excluding tert-OH is 2. The van der Waals surface area contributed by atoms with Crippen molar-refractivity contribution in [3.63, 3.8) is 0 Å². The average molecular weight is 393 g/mol. The number of unbranched alkanes of at least 4 members (excludes halogenated alkanes) is 3. The summed E-state index contributed by atoms with van der Waals surface area (Å²) in [5.41, 5.74) is 0. The maximum Gasteiger partial charge on any atom is 0.303 e. The van der Waals surface area contributed by atoms with Crippen molar-refractivity contribution in [3.05, 3.63) is 24.0 Å². The largest absolute Gasteiger partial charge is 0.491 e. The summed E-state index contributed by atoms with van der Waals surface area (Å²) in [7, 11) is 0. The Bertz CT molecular complexity index is 525. The fourth-order valence-corrected chi connectivity index (χ4v) is 3.87. The molecule has 0 aromatic rings. The number of fused-ring (bicyclic) bond motifs is 1. The Hall–Kier alpha value is -0.400. The van der Waals surface area contributed by atoms with Gasteiger partial charge in [0.1, 0.15) is 11.9 Å². The maximum absolute atomic E-state index is 14.8. The molecule has 0 aromatic carbocycles. The van der Waals surface area contributed by atoms with E-state index in [2.05, 4.69) is 6.92 Å². The third kappa shape index (κ3) is 7.17. The summed E-state index contributed by atoms with van der Waals surface area (Å²) < 4.78 is 20.5. The van der Waals surface area contributed by atoms with Gasteiger partial charge in [-0.25, -0.2) is 4.39 Å². The Morgan fingerprint density at radius 2 is 2.11 bits per heavy atom. The number of allylic oxidation sites excluding steroid dienone is 2. The second kappa shape index (κ2) is 12.2. The van der Waals surface area contributed by atoms with E-state index in [4.69, 9.17) is 9.84 Å². The molecule has 1 aliphatic carbocycles. The van der Waals surface area contributed by atoms with E-state index in [-0.39, 0.29) is 53.8 Å². The van der Waals surface area contributed by atoms with Crippen LogP contribution in [0.1, 0.15) is 58.3 Å². The van der Waals surface area contributed by atoms with Gasteiger partial charge < -0.3 is 20.1 Å². The number of carbonyl (C=O) groups is 1. The van der Waals surface area contributed by atoms with Gasteiger partial charge in [0.05, 0.1) is 12.2 Å². The molecule has 7 heteroatoms. The first-order valence-corrected chi connectivity index (χ1v) is 9.71. The first-order chi connectivity index (χ1) is 12.4. The molecule has 0 spiro atoms. The monoisotopic (exact) mass is 393 g/mol. The van der Waals surface area contributed by atoms with E-state index in [1.165, 1.54) is 0 Å². The molecule has 1 aliphatic heterocycles. The van der Waals surface area contributed by atoms with Gasteiger partial charge in [-0.2, -0.15) is 0 Å². The van der Waals surface area contributed by atoms with Gasteiger partial charge in [0.15, 0.2) is 6.17 Å². The average Bonchev–Trinajstić information content (AvgIpc) is 3.05. The minimum absolute atomic E-state index is 0. The number of rotatable bonds is 10. The number of alkyl halides is 1. The number of carboxylic acids is 1. The molecule has 2 aliphatic rings. The van der Waals surface area contributed by atoms with Gasteiger partial charge in [0, 0.05) is 54.2 Å². The molecule has 0 aromatic heterocycles. The van der Waals surface area contributed by atoms with Crippen LogP contribution in [0, 0.1) is 11.8 Å². The Kier molecular flexibility index (Phi) is 11.2. The van der Waals surface area contributed by atoms with Crippen LogP contribution in [0.4, 0.5) is 4.39 Å². The molecular formula is C20H31FNaO5. The second-order valence-electron chi connectivity index (χ2n) is 7.36. The van der Waals surface area contributed by atoms with Gasteiger partial charge in [-0.1, -0.05) is 38.3 Å². The molecule has 27 heavy (non-hydrogen) atoms. The first kappa shape index (κ1) is 24.6. The molecule has 1 unspecified atom stereocenters. The summed E-state index contributed by atoms with van der Waals surface area (Å²) in [5.74, 6) is -1.43. The first-order valence-electron chi connectivity index (χ1n) is 9.71. The predicted molar refractivity (Wildman–Crippen MR) is 102 cm³/mol. The number of halogens is 1. The van der Waals surface area contributed by atoms with Crippen molar-refractivity contribution < 1.29 is 29.2 Å². The van der Waals surface area contributed by atoms with Crippen LogP contribution in [-0.2, 0) is 9.53 Å². The molecular weight excluding hydrogens is 362 g/mol. The summed E-state index contributed by atoms with van der Waals surface area (Å²) in [6, 6.07) is 0. The molecule has 2 fully saturated rings. The Morgan fingerprint density at radius 1 is 1.37 bits per heavy atom. The maximum atomic E-state index is 14.8. The molecule has 1 saturated heterocycles. The van der Waals surface area contributed by atoms with Gasteiger partial charge in [0.25, 0.3) is 0 Å². The van der Waals surface area contributed by atoms with Gasteiger partial charge in [-0.05, 0) is 25.3 Å². The molecule has 2 rings (SSSR count). The smallest absolute Gasteiger partial charge is 0.303 e. The SMILES string of the molecule is CCCCC[C@H](O)C=C[C@@H]1[C@H]2C(F)C(=CCCCC(=O)O)O[C@H]2C[C@H]1O.[Na]. The van der Waals surface area contributed by atoms with Crippen LogP contribution >= 0.6 is 0 Å². The van der Waals surface area contributed by atoms with Crippen LogP contribution in [0.5, 0.6) is 0 Å². The topological polar surface area (TPSA) is 87.0 Å². The summed E-state index contributed by atoms with van der Waals surface area (Å²) in [4.78, 5) is 10.5. The van der Waals surface area contributed by atoms with Gasteiger partial charge in [-0.15, -0.1) is 0 Å². The number of aliphatic hydroxyl groups is 2. The fourth-order valence-electron chi connectivity index (χ4n) is 3.87. The van der Waals surface area contributed by atoms with Gasteiger partial charge >= 0.3 is 5.97 Å². The summed E-state index contributed by atoms with van der Waals surface area (Å²) in [6.07, 6.45) is 7.25. The van der Waals surface area contributed by atoms with E-state index < -0.39 is 30.3 Å². The van der Waals surface area contributed by atoms with Crippen molar-refractivity contribution in [1.82, 2.24) is 0 Å². The minimum atomic E-state index is -1.30. The number of ether oxygens (including phenoxy) is 1. The van der Waals surface area contributed by atoms with E-state index in [1.54, 1.807) is 18.2 Å². The van der Waals surface area contributed by atoms with Crippen molar-refractivity contribution in [3.8, 4) is 0 Å². The number of aliphatic carboxylic acids is 1. The van der Waals surface area contributed by atoms with E-state index in [1.807, 2.05) is 0 Å². The quantitative estimate of drug-likeness (QED) is 0.302. The van der Waals surface area contributed by atoms with Crippen molar-refractivity contribution >= 4 is 35.5 Å². The second-order valence-corrected chi connectivity index (χ2v) is 7.36. The predicted octanol–water partition coefficient (Wildman–Crippen LogP) is 2.98. The van der Waals surface area contributed by atoms with Crippen LogP contribution in [0.25, 0.3) is 0 Å². The standard InChI is InChI=1S/C20H31FO5.Na/c1-2-3-4-7-13(22)10-11-14-15(23)12-17-19(14)20(21)16(26-17)8-5-6-9-18(24)25;/h8,10-11,13-15,17,19-20,22-23H,2-7,9,12H2,1H3,(H,24,25);/t13-,14-,15+,17-,19+,20?;/m0./s1. The zero-order valence-corrected chi connectivity index (χ0v) is 18.4. The number of carboxylic acid groups (broad SMARTS) is 1. The Balaban J connectivity index is 0.00000364. The fraction of sp³-hybridized carbons (Fsp3) is 0.750. The van der Waals surface area contributed by atoms with E-state index >= 15 is 0 Å². The number of hydrogen-bond donors (Lipinski definition) is 3. The van der Waals surface area contributed by atoms with E-state index in [0.29, 0.717) is 25.7 Å². The van der Waals surface area contributed by atoms with E-state index in [9.17, 15) is 19.4 Å². The normalized spacial score (nSPS) is 32.3. The molecule has 0 amide bonds. The van der Waals surface area contributed by atoms with Crippen LogP contribution in [0.2, 0.25) is 0 Å². The molecule has 5 nitrogen and oxygen atoms in total. The molecule has 1 saturated carbocycles. The van der Waals surface area contributed by atoms with Crippen molar-refractivity contribution in [2.75, 3.05) is 0 Å².